The molecule has 4 N–H and O–H groups in total. The summed E-state index contributed by atoms with van der Waals surface area (Å²) in [4.78, 5) is 19.1. The minimum atomic E-state index is 0. The van der Waals surface area contributed by atoms with Crippen LogP contribution in [0.4, 0.5) is 34.6 Å². The second-order valence-corrected chi connectivity index (χ2v) is 11.9. The minimum absolute atomic E-state index is 0. The summed E-state index contributed by atoms with van der Waals surface area (Å²) >= 11 is 9.37. The molecule has 258 valence electrons. The molecule has 6 rings (SSSR count). The molecule has 0 amide bonds. The van der Waals surface area contributed by atoms with Crippen molar-refractivity contribution in [2.75, 3.05) is 36.0 Å². The number of aromatic nitrogens is 4. The van der Waals surface area contributed by atoms with Gasteiger partial charge in [0.25, 0.3) is 0 Å². The molecule has 4 aromatic carbocycles. The fourth-order valence-corrected chi connectivity index (χ4v) is 5.53. The summed E-state index contributed by atoms with van der Waals surface area (Å²) < 4.78 is 0.965. The summed E-state index contributed by atoms with van der Waals surface area (Å²) in [6.07, 6.45) is 0. The van der Waals surface area contributed by atoms with Crippen molar-refractivity contribution >= 4 is 84.2 Å². The number of rotatable bonds is 10. The molecule has 0 aliphatic heterocycles. The van der Waals surface area contributed by atoms with E-state index in [9.17, 15) is 10.2 Å². The van der Waals surface area contributed by atoms with Crippen LogP contribution in [0.25, 0.3) is 22.1 Å². The minimum Gasteiger partial charge on any atom is -0.506 e. The van der Waals surface area contributed by atoms with E-state index in [1.165, 1.54) is 0 Å². The number of hydrogen-bond acceptors (Lipinski definition) is 10. The zero-order valence-corrected chi connectivity index (χ0v) is 30.6. The smallest absolute Gasteiger partial charge is 0.247 e. The molecule has 2 heterocycles. The van der Waals surface area contributed by atoms with E-state index < -0.39 is 0 Å². The van der Waals surface area contributed by atoms with Crippen LogP contribution in [-0.2, 0) is 16.5 Å². The van der Waals surface area contributed by atoms with Gasteiger partial charge in [-0.25, -0.2) is 9.97 Å². The molecule has 0 aliphatic rings. The number of H-pyrrole nitrogens is 2. The Morgan fingerprint density at radius 3 is 1.53 bits per heavy atom. The van der Waals surface area contributed by atoms with E-state index in [1.807, 2.05) is 36.4 Å². The van der Waals surface area contributed by atoms with Crippen LogP contribution in [0.15, 0.2) is 97.7 Å². The van der Waals surface area contributed by atoms with Gasteiger partial charge in [-0.2, -0.15) is 0 Å². The van der Waals surface area contributed by atoms with E-state index in [4.69, 9.17) is 11.6 Å². The van der Waals surface area contributed by atoms with Crippen LogP contribution in [0.3, 0.4) is 0 Å². The van der Waals surface area contributed by atoms with E-state index >= 15 is 0 Å². The molecule has 15 heteroatoms. The van der Waals surface area contributed by atoms with Crippen LogP contribution in [0.5, 0.6) is 11.5 Å². The van der Waals surface area contributed by atoms with Crippen molar-refractivity contribution in [2.45, 2.75) is 27.7 Å². The van der Waals surface area contributed by atoms with Crippen LogP contribution in [0.2, 0.25) is 5.02 Å². The Hall–Kier alpha value is -4.52. The first-order chi connectivity index (χ1) is 23.2. The Labute approximate surface area is 307 Å². The summed E-state index contributed by atoms with van der Waals surface area (Å²) in [6, 6.07) is 21.8. The quantitative estimate of drug-likeness (QED) is 0.0800. The Kier molecular flexibility index (Phi) is 13.1. The number of aromatic amines is 2. The molecular weight excluding hydrogens is 754 g/mol. The predicted octanol–water partition coefficient (Wildman–Crippen LogP) is 10.5. The van der Waals surface area contributed by atoms with Gasteiger partial charge in [-0.15, -0.1) is 20.5 Å². The fraction of sp³-hybridized carbons (Fsp3) is 0.235. The number of nitrogens with one attached hydrogen (secondary N) is 2. The third-order valence-electron chi connectivity index (χ3n) is 7.54. The van der Waals surface area contributed by atoms with Crippen LogP contribution >= 0.6 is 27.5 Å². The van der Waals surface area contributed by atoms with Gasteiger partial charge >= 0.3 is 0 Å². The van der Waals surface area contributed by atoms with E-state index in [0.717, 1.165) is 64.1 Å². The number of benzene rings is 4. The van der Waals surface area contributed by atoms with Gasteiger partial charge in [0.05, 0.1) is 22.1 Å². The van der Waals surface area contributed by atoms with Gasteiger partial charge in [0.2, 0.25) is 11.9 Å². The first-order valence-electron chi connectivity index (χ1n) is 15.5. The predicted molar refractivity (Wildman–Crippen MR) is 197 cm³/mol. The Bertz CT molecular complexity index is 1930. The topological polar surface area (TPSA) is 154 Å². The normalized spacial score (nSPS) is 11.2. The molecule has 0 saturated carbocycles. The molecule has 0 bridgehead atoms. The van der Waals surface area contributed by atoms with Gasteiger partial charge in [0, 0.05) is 75.7 Å². The Morgan fingerprint density at radius 2 is 1.08 bits per heavy atom. The number of anilines is 2. The number of nitrogens with zero attached hydrogens (tertiary/aromatic N) is 8. The van der Waals surface area contributed by atoms with Crippen molar-refractivity contribution < 1.29 is 26.7 Å². The number of phenolic OH excluding ortho intramolecular Hbond substituents is 2. The third kappa shape index (κ3) is 9.35. The summed E-state index contributed by atoms with van der Waals surface area (Å²) in [6.45, 7) is 11.8. The zero-order chi connectivity index (χ0) is 34.2. The molecule has 0 unspecified atom stereocenters. The maximum absolute atomic E-state index is 10.2. The van der Waals surface area contributed by atoms with E-state index in [2.05, 4.69) is 93.8 Å². The first kappa shape index (κ1) is 37.3. The summed E-state index contributed by atoms with van der Waals surface area (Å²) in [5.74, 6) is 0.944. The average Bonchev–Trinajstić information content (AvgIpc) is 3.68. The molecule has 2 aromatic heterocycles. The van der Waals surface area contributed by atoms with Crippen molar-refractivity contribution in [1.82, 2.24) is 19.9 Å². The van der Waals surface area contributed by atoms with Crippen LogP contribution in [0.1, 0.15) is 27.7 Å². The van der Waals surface area contributed by atoms with Crippen LogP contribution < -0.4 is 9.80 Å². The monoisotopic (exact) mass is 788 g/mol. The molecule has 0 aliphatic carbocycles. The van der Waals surface area contributed by atoms with Gasteiger partial charge in [-0.3, -0.25) is 0 Å². The zero-order valence-electron chi connectivity index (χ0n) is 27.3. The molecule has 0 saturated heterocycles. The van der Waals surface area contributed by atoms with Crippen molar-refractivity contribution in [2.24, 2.45) is 20.5 Å². The van der Waals surface area contributed by atoms with Crippen LogP contribution in [-0.4, -0.2) is 56.3 Å². The van der Waals surface area contributed by atoms with Gasteiger partial charge in [-0.1, -0.05) is 27.5 Å². The number of aromatic hydroxyl groups is 2. The maximum atomic E-state index is 10.2. The van der Waals surface area contributed by atoms with E-state index in [-0.39, 0.29) is 28.0 Å². The summed E-state index contributed by atoms with van der Waals surface area (Å²) in [5.41, 5.74) is 5.96. The van der Waals surface area contributed by atoms with Crippen LogP contribution in [0, 0.1) is 0 Å². The SMILES string of the molecule is CCN(CC)c1ccc(N=Nc2nc3ccc(Br)cc3[nH]2)c(O)c1.CCN(CC)c1ccc(N=Nc2nc3ccc(Cl)cc3[nH]2)c(O)c1.[Ni]. The largest absolute Gasteiger partial charge is 0.506 e. The molecule has 49 heavy (non-hydrogen) atoms. The van der Waals surface area contributed by atoms with Gasteiger partial charge in [-0.05, 0) is 88.4 Å². The number of halogens is 2. The number of fused-ring (bicyclic) bond motifs is 2. The summed E-state index contributed by atoms with van der Waals surface area (Å²) in [5, 5.41) is 37.3. The number of imidazole rings is 2. The molecule has 12 nitrogen and oxygen atoms in total. The van der Waals surface area contributed by atoms with Crippen molar-refractivity contribution in [3.63, 3.8) is 0 Å². The van der Waals surface area contributed by atoms with Crippen molar-refractivity contribution in [3.05, 3.63) is 82.3 Å². The molecular formula is C34H36BrClN10NiO2. The molecule has 0 fully saturated rings. The van der Waals surface area contributed by atoms with Gasteiger partial charge in [0.15, 0.2) is 0 Å². The van der Waals surface area contributed by atoms with E-state index in [1.54, 1.807) is 36.4 Å². The van der Waals surface area contributed by atoms with Crippen molar-refractivity contribution in [1.29, 1.82) is 0 Å². The fourth-order valence-electron chi connectivity index (χ4n) is 5.00. The number of hydrogen-bond donors (Lipinski definition) is 4. The second kappa shape index (κ2) is 17.2. The molecule has 0 spiro atoms. The molecule has 0 atom stereocenters. The average molecular weight is 791 g/mol. The van der Waals surface area contributed by atoms with Gasteiger partial charge in [0.1, 0.15) is 22.9 Å². The second-order valence-electron chi connectivity index (χ2n) is 10.5. The Morgan fingerprint density at radius 1 is 0.633 bits per heavy atom. The number of phenols is 2. The summed E-state index contributed by atoms with van der Waals surface area (Å²) in [7, 11) is 0. The molecule has 0 radical (unpaired) electrons. The first-order valence-corrected chi connectivity index (χ1v) is 16.7. The standard InChI is InChI=1S/C17H18BrN5O.C17H18ClN5O.Ni/c2*1-3-23(4-2)12-6-8-14(16(24)10-12)21-22-17-19-13-7-5-11(18)9-15(13)20-17;/h2*5-10,24H,3-4H2,1-2H3,(H,19,20);. The molecule has 6 aromatic rings. The number of azo groups is 2. The van der Waals surface area contributed by atoms with Crippen molar-refractivity contribution in [3.8, 4) is 11.5 Å². The van der Waals surface area contributed by atoms with E-state index in [0.29, 0.717) is 28.3 Å². The van der Waals surface area contributed by atoms with Gasteiger partial charge < -0.3 is 30.0 Å². The maximum Gasteiger partial charge on any atom is 0.247 e. The third-order valence-corrected chi connectivity index (χ3v) is 8.27. The Balaban J connectivity index is 0.000000216.